The summed E-state index contributed by atoms with van der Waals surface area (Å²) in [5, 5.41) is 9.42. The first kappa shape index (κ1) is 11.5. The molecule has 0 aromatic carbocycles. The van der Waals surface area contributed by atoms with E-state index in [0.29, 0.717) is 5.41 Å². The minimum absolute atomic E-state index is 0.461. The van der Waals surface area contributed by atoms with E-state index in [-0.39, 0.29) is 0 Å². The number of carboxylic acid groups (broad SMARTS) is 1. The highest BCUT2D eigenvalue weighted by atomic mass is 16.4. The summed E-state index contributed by atoms with van der Waals surface area (Å²) in [4.78, 5) is 13.7. The fourth-order valence-corrected chi connectivity index (χ4v) is 4.04. The van der Waals surface area contributed by atoms with Crippen molar-refractivity contribution in [1.82, 2.24) is 4.90 Å². The van der Waals surface area contributed by atoms with Crippen LogP contribution in [-0.2, 0) is 4.79 Å². The van der Waals surface area contributed by atoms with Crippen molar-refractivity contribution < 1.29 is 9.90 Å². The summed E-state index contributed by atoms with van der Waals surface area (Å²) >= 11 is 0. The molecule has 1 aliphatic heterocycles. The summed E-state index contributed by atoms with van der Waals surface area (Å²) in [6.07, 6.45) is 11.0. The Bertz CT molecular complexity index is 306. The highest BCUT2D eigenvalue weighted by Crippen LogP contribution is 2.50. The Balaban J connectivity index is 1.65. The third-order valence-corrected chi connectivity index (χ3v) is 5.40. The zero-order chi connectivity index (χ0) is 11.9. The second-order valence-corrected chi connectivity index (χ2v) is 6.46. The van der Waals surface area contributed by atoms with Gasteiger partial charge in [0.05, 0.1) is 0 Å². The average Bonchev–Trinajstić information content (AvgIpc) is 2.39. The van der Waals surface area contributed by atoms with Crippen LogP contribution in [0.25, 0.3) is 0 Å². The van der Waals surface area contributed by atoms with Crippen LogP contribution in [0.5, 0.6) is 0 Å². The molecule has 2 saturated carbocycles. The third-order valence-electron chi connectivity index (χ3n) is 5.40. The molecule has 2 aliphatic carbocycles. The van der Waals surface area contributed by atoms with Gasteiger partial charge in [-0.15, -0.1) is 0 Å². The highest BCUT2D eigenvalue weighted by Gasteiger charge is 2.57. The van der Waals surface area contributed by atoms with E-state index in [1.54, 1.807) is 0 Å². The van der Waals surface area contributed by atoms with Crippen molar-refractivity contribution in [2.75, 3.05) is 13.1 Å². The quantitative estimate of drug-likeness (QED) is 0.802. The van der Waals surface area contributed by atoms with Gasteiger partial charge in [0.15, 0.2) is 0 Å². The molecule has 1 saturated heterocycles. The van der Waals surface area contributed by atoms with Crippen LogP contribution in [0, 0.1) is 5.41 Å². The Morgan fingerprint density at radius 1 is 0.882 bits per heavy atom. The number of aliphatic carboxylic acids is 1. The lowest BCUT2D eigenvalue weighted by molar-refractivity contribution is -0.175. The van der Waals surface area contributed by atoms with Crippen LogP contribution in [-0.4, -0.2) is 34.6 Å². The van der Waals surface area contributed by atoms with Gasteiger partial charge in [0.1, 0.15) is 5.54 Å². The van der Waals surface area contributed by atoms with Crippen LogP contribution in [0.2, 0.25) is 0 Å². The molecule has 1 heterocycles. The number of carbonyl (C=O) groups is 1. The first-order chi connectivity index (χ1) is 8.17. The molecule has 0 atom stereocenters. The molecule has 3 rings (SSSR count). The molecule has 0 amide bonds. The summed E-state index contributed by atoms with van der Waals surface area (Å²) in [5.74, 6) is -0.577. The normalized spacial score (nSPS) is 31.3. The van der Waals surface area contributed by atoms with Crippen LogP contribution < -0.4 is 0 Å². The zero-order valence-electron chi connectivity index (χ0n) is 10.6. The van der Waals surface area contributed by atoms with Gasteiger partial charge in [0, 0.05) is 13.1 Å². The molecule has 3 fully saturated rings. The maximum absolute atomic E-state index is 11.4. The van der Waals surface area contributed by atoms with Crippen LogP contribution in [0.3, 0.4) is 0 Å². The van der Waals surface area contributed by atoms with Crippen LogP contribution in [0.1, 0.15) is 57.8 Å². The van der Waals surface area contributed by atoms with Gasteiger partial charge in [-0.3, -0.25) is 9.69 Å². The molecule has 3 heteroatoms. The lowest BCUT2D eigenvalue weighted by Crippen LogP contribution is -2.70. The molecule has 1 N–H and O–H groups in total. The summed E-state index contributed by atoms with van der Waals surface area (Å²) in [5.41, 5.74) is 0.0338. The van der Waals surface area contributed by atoms with E-state index in [0.717, 1.165) is 32.4 Å². The minimum atomic E-state index is -0.577. The summed E-state index contributed by atoms with van der Waals surface area (Å²) < 4.78 is 0. The molecular weight excluding hydrogens is 214 g/mol. The van der Waals surface area contributed by atoms with E-state index < -0.39 is 11.5 Å². The Morgan fingerprint density at radius 2 is 1.47 bits per heavy atom. The van der Waals surface area contributed by atoms with Crippen molar-refractivity contribution in [3.05, 3.63) is 0 Å². The second kappa shape index (κ2) is 3.98. The van der Waals surface area contributed by atoms with Gasteiger partial charge in [-0.05, 0) is 37.5 Å². The number of carboxylic acids is 1. The molecule has 3 nitrogen and oxygen atoms in total. The predicted octanol–water partition coefficient (Wildman–Crippen LogP) is 2.65. The maximum Gasteiger partial charge on any atom is 0.324 e. The number of hydrogen-bond donors (Lipinski definition) is 1. The highest BCUT2D eigenvalue weighted by molar-refractivity contribution is 5.80. The van der Waals surface area contributed by atoms with Gasteiger partial charge in [-0.2, -0.15) is 0 Å². The van der Waals surface area contributed by atoms with Gasteiger partial charge < -0.3 is 5.11 Å². The molecule has 0 aromatic heterocycles. The molecule has 1 spiro atoms. The summed E-state index contributed by atoms with van der Waals surface area (Å²) in [6.45, 7) is 2.11. The molecule has 3 aliphatic rings. The van der Waals surface area contributed by atoms with E-state index in [9.17, 15) is 9.90 Å². The van der Waals surface area contributed by atoms with Gasteiger partial charge in [-0.25, -0.2) is 0 Å². The first-order valence-corrected chi connectivity index (χ1v) is 7.16. The Kier molecular flexibility index (Phi) is 2.69. The van der Waals surface area contributed by atoms with Gasteiger partial charge in [0.25, 0.3) is 0 Å². The largest absolute Gasteiger partial charge is 0.480 e. The monoisotopic (exact) mass is 237 g/mol. The van der Waals surface area contributed by atoms with Crippen LogP contribution >= 0.6 is 0 Å². The lowest BCUT2D eigenvalue weighted by Gasteiger charge is -2.60. The number of nitrogens with zero attached hydrogens (tertiary/aromatic N) is 1. The number of rotatable bonds is 2. The van der Waals surface area contributed by atoms with Gasteiger partial charge >= 0.3 is 5.97 Å². The van der Waals surface area contributed by atoms with E-state index in [2.05, 4.69) is 4.90 Å². The summed E-state index contributed by atoms with van der Waals surface area (Å²) in [6, 6.07) is 0. The number of hydrogen-bond acceptors (Lipinski definition) is 2. The smallest absolute Gasteiger partial charge is 0.324 e. The van der Waals surface area contributed by atoms with Crippen LogP contribution in [0.15, 0.2) is 0 Å². The topological polar surface area (TPSA) is 40.5 Å². The molecule has 0 bridgehead atoms. The molecular formula is C14H23NO2. The molecule has 0 unspecified atom stereocenters. The van der Waals surface area contributed by atoms with Gasteiger partial charge in [-0.1, -0.05) is 25.7 Å². The zero-order valence-corrected chi connectivity index (χ0v) is 10.6. The molecule has 0 aromatic rings. The van der Waals surface area contributed by atoms with Crippen molar-refractivity contribution >= 4 is 5.97 Å². The Morgan fingerprint density at radius 3 is 1.88 bits per heavy atom. The first-order valence-electron chi connectivity index (χ1n) is 7.16. The predicted molar refractivity (Wildman–Crippen MR) is 65.9 cm³/mol. The molecule has 96 valence electrons. The number of likely N-dealkylation sites (tertiary alicyclic amines) is 1. The van der Waals surface area contributed by atoms with Crippen molar-refractivity contribution in [3.8, 4) is 0 Å². The van der Waals surface area contributed by atoms with Crippen molar-refractivity contribution in [2.24, 2.45) is 5.41 Å². The fraction of sp³-hybridized carbons (Fsp3) is 0.929. The third kappa shape index (κ3) is 1.70. The van der Waals surface area contributed by atoms with E-state index >= 15 is 0 Å². The second-order valence-electron chi connectivity index (χ2n) is 6.46. The lowest BCUT2D eigenvalue weighted by atomic mass is 9.66. The maximum atomic E-state index is 11.4. The Labute approximate surface area is 103 Å². The minimum Gasteiger partial charge on any atom is -0.480 e. The molecule has 17 heavy (non-hydrogen) atoms. The Hall–Kier alpha value is -0.570. The average molecular weight is 237 g/mol. The van der Waals surface area contributed by atoms with E-state index in [1.807, 2.05) is 0 Å². The molecule has 0 radical (unpaired) electrons. The van der Waals surface area contributed by atoms with Crippen LogP contribution in [0.4, 0.5) is 0 Å². The summed E-state index contributed by atoms with van der Waals surface area (Å²) in [7, 11) is 0. The standard InChI is InChI=1S/C14H23NO2/c16-12(17)14(8-5-9-14)15-10-13(11-15)6-3-1-2-4-7-13/h1-11H2,(H,16,17). The van der Waals surface area contributed by atoms with Crippen molar-refractivity contribution in [1.29, 1.82) is 0 Å². The van der Waals surface area contributed by atoms with Gasteiger partial charge in [0.2, 0.25) is 0 Å². The van der Waals surface area contributed by atoms with E-state index in [4.69, 9.17) is 0 Å². The SMILES string of the molecule is O=C(O)C1(N2CC3(CCCCCC3)C2)CCC1. The fourth-order valence-electron chi connectivity index (χ4n) is 4.04. The van der Waals surface area contributed by atoms with E-state index in [1.165, 1.54) is 38.5 Å². The van der Waals surface area contributed by atoms with Crippen molar-refractivity contribution in [3.63, 3.8) is 0 Å². The van der Waals surface area contributed by atoms with Crippen molar-refractivity contribution in [2.45, 2.75) is 63.3 Å².